The summed E-state index contributed by atoms with van der Waals surface area (Å²) in [5, 5.41) is 6.08. The van der Waals surface area contributed by atoms with Crippen molar-refractivity contribution in [2.75, 3.05) is 18.5 Å². The topological polar surface area (TPSA) is 88.9 Å². The van der Waals surface area contributed by atoms with E-state index in [0.29, 0.717) is 24.5 Å². The van der Waals surface area contributed by atoms with Crippen molar-refractivity contribution in [1.82, 2.24) is 19.9 Å². The van der Waals surface area contributed by atoms with Crippen molar-refractivity contribution in [2.24, 2.45) is 0 Å². The Kier molecular flexibility index (Phi) is 5.89. The molecule has 156 valence electrons. The standard InChI is InChI=1S/C21H22FN5O2S/c1-13-19(15-2-4-17-14(10-15)3-5-18(17)28)30-21(25-13)26-20(29)24-8-6-16-11-23-12-27(16)9-7-22/h2,4,10-12H,3,5-9H2,1H3,(H2,24,25,26,29). The quantitative estimate of drug-likeness (QED) is 0.601. The lowest BCUT2D eigenvalue weighted by Gasteiger charge is -2.07. The first-order chi connectivity index (χ1) is 14.5. The van der Waals surface area contributed by atoms with Crippen molar-refractivity contribution < 1.29 is 14.0 Å². The van der Waals surface area contributed by atoms with Gasteiger partial charge in [-0.1, -0.05) is 23.5 Å². The highest BCUT2D eigenvalue weighted by atomic mass is 32.1. The molecule has 4 rings (SSSR count). The van der Waals surface area contributed by atoms with Crippen molar-refractivity contribution >= 4 is 28.3 Å². The third kappa shape index (κ3) is 4.25. The second kappa shape index (κ2) is 8.74. The Bertz CT molecular complexity index is 1090. The fourth-order valence-electron chi connectivity index (χ4n) is 3.61. The Hall–Kier alpha value is -3.07. The molecule has 2 amide bonds. The van der Waals surface area contributed by atoms with Crippen LogP contribution >= 0.6 is 11.3 Å². The Labute approximate surface area is 177 Å². The van der Waals surface area contributed by atoms with Gasteiger partial charge in [0, 0.05) is 36.8 Å². The summed E-state index contributed by atoms with van der Waals surface area (Å²) in [6, 6.07) is 5.52. The summed E-state index contributed by atoms with van der Waals surface area (Å²) in [4.78, 5) is 33.5. The molecule has 0 aliphatic heterocycles. The van der Waals surface area contributed by atoms with Crippen molar-refractivity contribution in [3.8, 4) is 10.4 Å². The number of carbonyl (C=O) groups excluding carboxylic acids is 2. The molecule has 3 aromatic rings. The molecular formula is C21H22FN5O2S. The summed E-state index contributed by atoms with van der Waals surface area (Å²) in [6.07, 6.45) is 5.17. The number of ketones is 1. The van der Waals surface area contributed by atoms with Crippen LogP contribution in [0, 0.1) is 6.92 Å². The molecule has 0 bridgehead atoms. The number of anilines is 1. The zero-order valence-corrected chi connectivity index (χ0v) is 17.4. The van der Waals surface area contributed by atoms with Gasteiger partial charge in [0.25, 0.3) is 0 Å². The van der Waals surface area contributed by atoms with E-state index in [2.05, 4.69) is 20.6 Å². The van der Waals surface area contributed by atoms with Gasteiger partial charge in [-0.2, -0.15) is 0 Å². The smallest absolute Gasteiger partial charge is 0.321 e. The van der Waals surface area contributed by atoms with Gasteiger partial charge in [0.2, 0.25) is 0 Å². The van der Waals surface area contributed by atoms with Gasteiger partial charge in [0.15, 0.2) is 10.9 Å². The summed E-state index contributed by atoms with van der Waals surface area (Å²) < 4.78 is 14.3. The molecule has 0 spiro atoms. The van der Waals surface area contributed by atoms with Crippen LogP contribution in [0.5, 0.6) is 0 Å². The maximum atomic E-state index is 12.5. The van der Waals surface area contributed by atoms with Crippen LogP contribution in [0.1, 0.15) is 33.7 Å². The van der Waals surface area contributed by atoms with Gasteiger partial charge in [-0.15, -0.1) is 0 Å². The second-order valence-corrected chi connectivity index (χ2v) is 8.13. The first-order valence-electron chi connectivity index (χ1n) is 9.79. The maximum Gasteiger partial charge on any atom is 0.321 e. The van der Waals surface area contributed by atoms with Crippen molar-refractivity contribution in [3.63, 3.8) is 0 Å². The molecule has 0 atom stereocenters. The number of hydrogen-bond acceptors (Lipinski definition) is 5. The number of nitrogens with one attached hydrogen (secondary N) is 2. The molecule has 0 saturated heterocycles. The van der Waals surface area contributed by atoms with Gasteiger partial charge in [-0.25, -0.2) is 19.2 Å². The minimum atomic E-state index is -0.455. The highest BCUT2D eigenvalue weighted by molar-refractivity contribution is 7.19. The van der Waals surface area contributed by atoms with Gasteiger partial charge < -0.3 is 9.88 Å². The number of Topliss-reactive ketones (excluding diaryl/α,β-unsaturated/α-hetero) is 1. The van der Waals surface area contributed by atoms with Crippen LogP contribution < -0.4 is 10.6 Å². The van der Waals surface area contributed by atoms with Crippen LogP contribution in [0.4, 0.5) is 14.3 Å². The lowest BCUT2D eigenvalue weighted by molar-refractivity contribution is 0.0994. The van der Waals surface area contributed by atoms with Crippen LogP contribution in [0.15, 0.2) is 30.7 Å². The minimum Gasteiger partial charge on any atom is -0.337 e. The number of rotatable bonds is 7. The van der Waals surface area contributed by atoms with E-state index in [-0.39, 0.29) is 18.4 Å². The van der Waals surface area contributed by atoms with Crippen LogP contribution in [0.3, 0.4) is 0 Å². The number of fused-ring (bicyclic) bond motifs is 1. The molecule has 1 aliphatic carbocycles. The number of carbonyl (C=O) groups is 2. The number of aryl methyl sites for hydroxylation is 3. The molecule has 30 heavy (non-hydrogen) atoms. The molecule has 0 radical (unpaired) electrons. The Morgan fingerprint density at radius 2 is 2.20 bits per heavy atom. The van der Waals surface area contributed by atoms with Crippen LogP contribution in [0.2, 0.25) is 0 Å². The summed E-state index contributed by atoms with van der Waals surface area (Å²) in [7, 11) is 0. The molecule has 0 fully saturated rings. The molecule has 2 aromatic heterocycles. The van der Waals surface area contributed by atoms with Crippen molar-refractivity contribution in [3.05, 3.63) is 53.2 Å². The average Bonchev–Trinajstić information content (AvgIpc) is 3.42. The van der Waals surface area contributed by atoms with E-state index in [9.17, 15) is 14.0 Å². The monoisotopic (exact) mass is 427 g/mol. The number of benzene rings is 1. The number of hydrogen-bond donors (Lipinski definition) is 2. The Morgan fingerprint density at radius 1 is 1.33 bits per heavy atom. The number of thiazole rings is 1. The molecule has 1 aliphatic rings. The van der Waals surface area contributed by atoms with E-state index in [1.54, 1.807) is 17.1 Å². The number of amides is 2. The maximum absolute atomic E-state index is 12.5. The SMILES string of the molecule is Cc1nc(NC(=O)NCCc2cncn2CCF)sc1-c1ccc2c(c1)CCC2=O. The molecule has 1 aromatic carbocycles. The summed E-state index contributed by atoms with van der Waals surface area (Å²) >= 11 is 1.40. The van der Waals surface area contributed by atoms with Crippen molar-refractivity contribution in [1.29, 1.82) is 0 Å². The average molecular weight is 428 g/mol. The van der Waals surface area contributed by atoms with E-state index >= 15 is 0 Å². The number of halogens is 1. The predicted octanol–water partition coefficient (Wildman–Crippen LogP) is 3.78. The van der Waals surface area contributed by atoms with Gasteiger partial charge >= 0.3 is 6.03 Å². The van der Waals surface area contributed by atoms with E-state index in [4.69, 9.17) is 0 Å². The summed E-state index contributed by atoms with van der Waals surface area (Å²) in [5.74, 6) is 0.198. The van der Waals surface area contributed by atoms with Gasteiger partial charge in [-0.3, -0.25) is 10.1 Å². The largest absolute Gasteiger partial charge is 0.337 e. The van der Waals surface area contributed by atoms with Crippen LogP contribution in [-0.4, -0.2) is 39.6 Å². The molecule has 0 unspecified atom stereocenters. The van der Waals surface area contributed by atoms with Gasteiger partial charge in [0.1, 0.15) is 6.67 Å². The van der Waals surface area contributed by atoms with E-state index in [1.165, 1.54) is 11.3 Å². The van der Waals surface area contributed by atoms with E-state index < -0.39 is 6.67 Å². The number of urea groups is 1. The van der Waals surface area contributed by atoms with Crippen LogP contribution in [0.25, 0.3) is 10.4 Å². The zero-order chi connectivity index (χ0) is 21.1. The molecule has 9 heteroatoms. The highest BCUT2D eigenvalue weighted by Crippen LogP contribution is 2.35. The number of alkyl halides is 1. The fourth-order valence-corrected chi connectivity index (χ4v) is 4.57. The number of nitrogens with zero attached hydrogens (tertiary/aromatic N) is 3. The first kappa shape index (κ1) is 20.2. The van der Waals surface area contributed by atoms with Crippen LogP contribution in [-0.2, 0) is 19.4 Å². The minimum absolute atomic E-state index is 0.198. The zero-order valence-electron chi connectivity index (χ0n) is 16.6. The normalized spacial score (nSPS) is 12.8. The number of aromatic nitrogens is 3. The van der Waals surface area contributed by atoms with Crippen molar-refractivity contribution in [2.45, 2.75) is 32.7 Å². The Morgan fingerprint density at radius 3 is 3.03 bits per heavy atom. The molecule has 0 saturated carbocycles. The van der Waals surface area contributed by atoms with E-state index in [0.717, 1.165) is 39.4 Å². The highest BCUT2D eigenvalue weighted by Gasteiger charge is 2.21. The molecule has 2 N–H and O–H groups in total. The lowest BCUT2D eigenvalue weighted by atomic mass is 10.0. The van der Waals surface area contributed by atoms with Gasteiger partial charge in [0.05, 0.1) is 23.4 Å². The summed E-state index contributed by atoms with van der Waals surface area (Å²) in [6.45, 7) is 2.11. The predicted molar refractivity (Wildman–Crippen MR) is 114 cm³/mol. The Balaban J connectivity index is 1.36. The summed E-state index contributed by atoms with van der Waals surface area (Å²) in [5.41, 5.74) is 4.59. The first-order valence-corrected chi connectivity index (χ1v) is 10.6. The van der Waals surface area contributed by atoms with E-state index in [1.807, 2.05) is 25.1 Å². The third-order valence-corrected chi connectivity index (χ3v) is 6.22. The number of imidazole rings is 1. The fraction of sp³-hybridized carbons (Fsp3) is 0.333. The molecule has 7 nitrogen and oxygen atoms in total. The molecule has 2 heterocycles. The van der Waals surface area contributed by atoms with Gasteiger partial charge in [-0.05, 0) is 30.5 Å². The second-order valence-electron chi connectivity index (χ2n) is 7.13. The third-order valence-electron chi connectivity index (χ3n) is 5.10. The molecular weight excluding hydrogens is 405 g/mol. The lowest BCUT2D eigenvalue weighted by Crippen LogP contribution is -2.30.